The van der Waals surface area contributed by atoms with E-state index in [4.69, 9.17) is 5.11 Å². The number of carboxylic acid groups (broad SMARTS) is 2. The molecule has 0 aromatic heterocycles. The van der Waals surface area contributed by atoms with Gasteiger partial charge in [0.2, 0.25) is 5.91 Å². The van der Waals surface area contributed by atoms with Crippen LogP contribution in [0.15, 0.2) is 0 Å². The third kappa shape index (κ3) is 14.3. The molecule has 0 saturated heterocycles. The summed E-state index contributed by atoms with van der Waals surface area (Å²) < 4.78 is 0. The van der Waals surface area contributed by atoms with Gasteiger partial charge in [0.1, 0.15) is 6.04 Å². The minimum Gasteiger partial charge on any atom is -0.550 e. The Labute approximate surface area is 173 Å². The third-order valence-electron chi connectivity index (χ3n) is 4.26. The molecule has 0 aliphatic carbocycles. The summed E-state index contributed by atoms with van der Waals surface area (Å²) in [6, 6.07) is -1.10. The van der Waals surface area contributed by atoms with Gasteiger partial charge in [-0.05, 0) is 19.3 Å². The van der Waals surface area contributed by atoms with Gasteiger partial charge in [0, 0.05) is 19.4 Å². The van der Waals surface area contributed by atoms with Crippen molar-refractivity contribution in [3.8, 4) is 0 Å². The van der Waals surface area contributed by atoms with Crippen molar-refractivity contribution in [2.24, 2.45) is 0 Å². The summed E-state index contributed by atoms with van der Waals surface area (Å²) in [4.78, 5) is 34.8. The smallest absolute Gasteiger partial charge is 0.550 e. The Morgan fingerprint density at radius 1 is 0.920 bits per heavy atom. The molecule has 0 unspecified atom stereocenters. The van der Waals surface area contributed by atoms with Gasteiger partial charge < -0.3 is 19.9 Å². The molecule has 0 aromatic rings. The fourth-order valence-corrected chi connectivity index (χ4v) is 2.67. The molecule has 0 bridgehead atoms. The normalized spacial score (nSPS) is 11.4. The van der Waals surface area contributed by atoms with Gasteiger partial charge in [-0.15, -0.1) is 0 Å². The van der Waals surface area contributed by atoms with Crippen molar-refractivity contribution in [2.45, 2.75) is 90.0 Å². The molecular weight excluding hydrogens is 333 g/mol. The topological polar surface area (TPSA) is 97.7 Å². The monoisotopic (exact) mass is 365 g/mol. The maximum absolute atomic E-state index is 12.0. The first-order valence-corrected chi connectivity index (χ1v) is 9.08. The molecule has 0 aliphatic rings. The number of nitrogens with zero attached hydrogens (tertiary/aromatic N) is 1. The van der Waals surface area contributed by atoms with Crippen LogP contribution in [0.1, 0.15) is 84.0 Å². The quantitative estimate of drug-likeness (QED) is 0.307. The van der Waals surface area contributed by atoms with E-state index in [2.05, 4.69) is 6.92 Å². The number of aliphatic carboxylic acids is 2. The number of unbranched alkanes of at least 4 members (excludes halogenated alkanes) is 8. The fraction of sp³-hybridized carbons (Fsp3) is 0.833. The number of carbonyl (C=O) groups is 3. The molecule has 1 atom stereocenters. The van der Waals surface area contributed by atoms with Crippen molar-refractivity contribution in [2.75, 3.05) is 7.05 Å². The molecule has 0 heterocycles. The van der Waals surface area contributed by atoms with Crippen LogP contribution in [0.25, 0.3) is 0 Å². The molecule has 0 spiro atoms. The van der Waals surface area contributed by atoms with Crippen LogP contribution in [0.5, 0.6) is 0 Å². The number of carbonyl (C=O) groups excluding carboxylic acids is 2. The van der Waals surface area contributed by atoms with Gasteiger partial charge in [0.05, 0.1) is 0 Å². The Morgan fingerprint density at radius 3 is 1.84 bits per heavy atom. The second-order valence-corrected chi connectivity index (χ2v) is 6.35. The molecule has 25 heavy (non-hydrogen) atoms. The molecule has 0 aliphatic heterocycles. The van der Waals surface area contributed by atoms with Crippen LogP contribution in [0.4, 0.5) is 0 Å². The standard InChI is InChI=1S/C18H33NO5.Na/c1-3-4-5-6-7-8-9-10-11-12-16(20)19(2)15(18(23)24)13-14-17(21)22;/h15H,3-14H2,1-2H3,(H,21,22)(H,23,24);/q;+1/p-1/t15-;/m0./s1. The Morgan fingerprint density at radius 2 is 1.40 bits per heavy atom. The number of hydrogen-bond donors (Lipinski definition) is 1. The largest absolute Gasteiger partial charge is 1.00 e. The third-order valence-corrected chi connectivity index (χ3v) is 4.26. The number of hydrogen-bond acceptors (Lipinski definition) is 4. The Bertz CT molecular complexity index is 390. The molecule has 1 N–H and O–H groups in total. The van der Waals surface area contributed by atoms with E-state index < -0.39 is 18.0 Å². The van der Waals surface area contributed by atoms with Gasteiger partial charge in [-0.2, -0.15) is 0 Å². The van der Waals surface area contributed by atoms with Gasteiger partial charge in [0.15, 0.2) is 0 Å². The maximum Gasteiger partial charge on any atom is 1.00 e. The molecular formula is C18H32NNaO5. The van der Waals surface area contributed by atoms with Gasteiger partial charge in [-0.1, -0.05) is 58.3 Å². The number of likely N-dealkylation sites (N-methyl/N-ethyl adjacent to an activating group) is 1. The van der Waals surface area contributed by atoms with Crippen LogP contribution >= 0.6 is 0 Å². The van der Waals surface area contributed by atoms with Crippen LogP contribution < -0.4 is 34.7 Å². The van der Waals surface area contributed by atoms with Crippen molar-refractivity contribution in [1.82, 2.24) is 4.90 Å². The summed E-state index contributed by atoms with van der Waals surface area (Å²) in [6.45, 7) is 2.20. The van der Waals surface area contributed by atoms with Crippen LogP contribution in [0.2, 0.25) is 0 Å². The van der Waals surface area contributed by atoms with Gasteiger partial charge in [-0.25, -0.2) is 4.79 Å². The van der Waals surface area contributed by atoms with Crippen molar-refractivity contribution in [3.05, 3.63) is 0 Å². The summed E-state index contributed by atoms with van der Waals surface area (Å²) >= 11 is 0. The van der Waals surface area contributed by atoms with E-state index in [0.29, 0.717) is 6.42 Å². The first-order valence-electron chi connectivity index (χ1n) is 9.08. The van der Waals surface area contributed by atoms with Crippen LogP contribution in [0, 0.1) is 0 Å². The molecule has 7 heteroatoms. The Kier molecular flexibility index (Phi) is 18.0. The van der Waals surface area contributed by atoms with E-state index in [0.717, 1.165) is 24.2 Å². The van der Waals surface area contributed by atoms with Gasteiger partial charge in [-0.3, -0.25) is 4.79 Å². The van der Waals surface area contributed by atoms with Crippen molar-refractivity contribution >= 4 is 17.8 Å². The summed E-state index contributed by atoms with van der Waals surface area (Å²) in [7, 11) is 1.42. The zero-order chi connectivity index (χ0) is 18.4. The van der Waals surface area contributed by atoms with Crippen LogP contribution in [-0.2, 0) is 14.4 Å². The molecule has 0 saturated carbocycles. The van der Waals surface area contributed by atoms with E-state index in [1.807, 2.05) is 0 Å². The first-order chi connectivity index (χ1) is 11.4. The molecule has 0 aromatic carbocycles. The molecule has 1 amide bonds. The second kappa shape index (κ2) is 16.9. The van der Waals surface area contributed by atoms with Crippen molar-refractivity contribution in [1.29, 1.82) is 0 Å². The van der Waals surface area contributed by atoms with E-state index in [1.54, 1.807) is 0 Å². The molecule has 140 valence electrons. The Hall–Kier alpha value is -0.590. The van der Waals surface area contributed by atoms with E-state index in [9.17, 15) is 19.5 Å². The van der Waals surface area contributed by atoms with Gasteiger partial charge >= 0.3 is 35.5 Å². The average Bonchev–Trinajstić information content (AvgIpc) is 2.52. The number of amides is 1. The fourth-order valence-electron chi connectivity index (χ4n) is 2.67. The Balaban J connectivity index is 0. The number of carboxylic acids is 2. The van der Waals surface area contributed by atoms with Crippen molar-refractivity contribution < 1.29 is 54.2 Å². The summed E-state index contributed by atoms with van der Waals surface area (Å²) in [5.41, 5.74) is 0. The summed E-state index contributed by atoms with van der Waals surface area (Å²) in [5, 5.41) is 19.6. The van der Waals surface area contributed by atoms with Gasteiger partial charge in [0.25, 0.3) is 0 Å². The van der Waals surface area contributed by atoms with E-state index >= 15 is 0 Å². The first kappa shape index (κ1) is 26.6. The molecule has 6 nitrogen and oxygen atoms in total. The number of rotatable bonds is 15. The second-order valence-electron chi connectivity index (χ2n) is 6.35. The zero-order valence-corrected chi connectivity index (χ0v) is 18.1. The zero-order valence-electron chi connectivity index (χ0n) is 16.1. The predicted octanol–water partition coefficient (Wildman–Crippen LogP) is -0.647. The van der Waals surface area contributed by atoms with E-state index in [1.165, 1.54) is 45.6 Å². The van der Waals surface area contributed by atoms with E-state index in [-0.39, 0.29) is 48.3 Å². The molecule has 0 fully saturated rings. The average molecular weight is 365 g/mol. The summed E-state index contributed by atoms with van der Waals surface area (Å²) in [5.74, 6) is -2.73. The van der Waals surface area contributed by atoms with Crippen LogP contribution in [-0.4, -0.2) is 40.9 Å². The predicted molar refractivity (Wildman–Crippen MR) is 90.3 cm³/mol. The SMILES string of the molecule is CCCCCCCCCCCC(=O)N(C)[C@@H](CCC(=O)[O-])C(=O)O.[Na+]. The minimum absolute atomic E-state index is 0. The van der Waals surface area contributed by atoms with Crippen LogP contribution in [0.3, 0.4) is 0 Å². The van der Waals surface area contributed by atoms with Crippen molar-refractivity contribution in [3.63, 3.8) is 0 Å². The molecule has 0 radical (unpaired) electrons. The molecule has 0 rings (SSSR count). The maximum atomic E-state index is 12.0. The summed E-state index contributed by atoms with van der Waals surface area (Å²) in [6.07, 6.45) is 10.1. The minimum atomic E-state index is -1.30.